The molecule has 0 bridgehead atoms. The molecule has 1 amide bonds. The summed E-state index contributed by atoms with van der Waals surface area (Å²) in [7, 11) is 0. The Labute approximate surface area is 133 Å². The summed E-state index contributed by atoms with van der Waals surface area (Å²) >= 11 is 12.2. The number of likely N-dealkylation sites (tertiary alicyclic amines) is 1. The lowest BCUT2D eigenvalue weighted by Crippen LogP contribution is -2.44. The van der Waals surface area contributed by atoms with Crippen LogP contribution < -0.4 is 0 Å². The van der Waals surface area contributed by atoms with Gasteiger partial charge in [0.2, 0.25) is 0 Å². The summed E-state index contributed by atoms with van der Waals surface area (Å²) in [6.45, 7) is 0.616. The van der Waals surface area contributed by atoms with Crippen molar-refractivity contribution in [1.82, 2.24) is 4.90 Å². The molecule has 1 aliphatic heterocycles. The van der Waals surface area contributed by atoms with E-state index in [0.717, 1.165) is 19.3 Å². The molecule has 4 nitrogen and oxygen atoms in total. The highest BCUT2D eigenvalue weighted by atomic mass is 35.5. The maximum Gasteiger partial charge on any atom is 0.303 e. The van der Waals surface area contributed by atoms with Gasteiger partial charge in [-0.2, -0.15) is 0 Å². The van der Waals surface area contributed by atoms with Crippen LogP contribution in [0.5, 0.6) is 0 Å². The van der Waals surface area contributed by atoms with E-state index < -0.39 is 5.97 Å². The quantitative estimate of drug-likeness (QED) is 0.912. The third-order valence-electron chi connectivity index (χ3n) is 3.76. The number of rotatable bonds is 4. The molecule has 0 spiro atoms. The fourth-order valence-electron chi connectivity index (χ4n) is 2.70. The number of hydrogen-bond acceptors (Lipinski definition) is 2. The second-order valence-electron chi connectivity index (χ2n) is 5.18. The number of hydrogen-bond donors (Lipinski definition) is 1. The lowest BCUT2D eigenvalue weighted by Gasteiger charge is -2.36. The highest BCUT2D eigenvalue weighted by Crippen LogP contribution is 2.29. The molecule has 21 heavy (non-hydrogen) atoms. The van der Waals surface area contributed by atoms with Gasteiger partial charge in [0.05, 0.1) is 15.6 Å². The zero-order valence-electron chi connectivity index (χ0n) is 11.5. The summed E-state index contributed by atoms with van der Waals surface area (Å²) < 4.78 is 0. The molecular weight excluding hydrogens is 313 g/mol. The van der Waals surface area contributed by atoms with Crippen molar-refractivity contribution in [3.63, 3.8) is 0 Å². The van der Waals surface area contributed by atoms with Crippen LogP contribution in [0.15, 0.2) is 18.2 Å². The van der Waals surface area contributed by atoms with Gasteiger partial charge in [0.25, 0.3) is 5.91 Å². The van der Waals surface area contributed by atoms with E-state index in [2.05, 4.69) is 0 Å². The smallest absolute Gasteiger partial charge is 0.303 e. The van der Waals surface area contributed by atoms with Crippen LogP contribution in [-0.2, 0) is 4.79 Å². The summed E-state index contributed by atoms with van der Waals surface area (Å²) in [5.74, 6) is -1.05. The van der Waals surface area contributed by atoms with Crippen LogP contribution >= 0.6 is 23.2 Å². The summed E-state index contributed by atoms with van der Waals surface area (Å²) in [5, 5.41) is 9.49. The molecule has 6 heteroatoms. The van der Waals surface area contributed by atoms with E-state index in [1.54, 1.807) is 23.1 Å². The van der Waals surface area contributed by atoms with Gasteiger partial charge in [-0.05, 0) is 37.8 Å². The molecule has 0 saturated carbocycles. The summed E-state index contributed by atoms with van der Waals surface area (Å²) in [5.41, 5.74) is 0.308. The number of carboxylic acids is 1. The number of amides is 1. The molecule has 0 aliphatic carbocycles. The standard InChI is InChI=1S/C15H17Cl2NO3/c16-11-5-3-6-12(17)14(11)15(21)18-9-2-1-4-10(18)7-8-13(19)20/h3,5-6,10H,1-2,4,7-9H2,(H,19,20). The maximum absolute atomic E-state index is 12.7. The monoisotopic (exact) mass is 329 g/mol. The lowest BCUT2D eigenvalue weighted by molar-refractivity contribution is -0.137. The minimum Gasteiger partial charge on any atom is -0.481 e. The zero-order valence-corrected chi connectivity index (χ0v) is 13.0. The van der Waals surface area contributed by atoms with Gasteiger partial charge in [0.1, 0.15) is 0 Å². The molecule has 1 saturated heterocycles. The van der Waals surface area contributed by atoms with Crippen LogP contribution in [0.25, 0.3) is 0 Å². The molecule has 1 aromatic carbocycles. The minimum atomic E-state index is -0.844. The van der Waals surface area contributed by atoms with Gasteiger partial charge in [-0.25, -0.2) is 0 Å². The van der Waals surface area contributed by atoms with E-state index in [1.807, 2.05) is 0 Å². The highest BCUT2D eigenvalue weighted by Gasteiger charge is 2.29. The molecule has 1 heterocycles. The van der Waals surface area contributed by atoms with E-state index in [1.165, 1.54) is 0 Å². The lowest BCUT2D eigenvalue weighted by atomic mass is 9.97. The van der Waals surface area contributed by atoms with Gasteiger partial charge in [-0.15, -0.1) is 0 Å². The van der Waals surface area contributed by atoms with Crippen LogP contribution in [0.2, 0.25) is 10.0 Å². The van der Waals surface area contributed by atoms with Crippen LogP contribution in [0.1, 0.15) is 42.5 Å². The Hall–Kier alpha value is -1.26. The van der Waals surface area contributed by atoms with E-state index in [9.17, 15) is 9.59 Å². The van der Waals surface area contributed by atoms with Gasteiger partial charge in [-0.3, -0.25) is 9.59 Å². The molecule has 114 valence electrons. The van der Waals surface area contributed by atoms with Crippen molar-refractivity contribution < 1.29 is 14.7 Å². The van der Waals surface area contributed by atoms with Gasteiger partial charge < -0.3 is 10.0 Å². The number of carbonyl (C=O) groups is 2. The summed E-state index contributed by atoms with van der Waals surface area (Å²) in [6.07, 6.45) is 3.26. The van der Waals surface area contributed by atoms with Crippen molar-refractivity contribution in [2.45, 2.75) is 38.1 Å². The molecule has 0 aromatic heterocycles. The van der Waals surface area contributed by atoms with Crippen molar-refractivity contribution in [3.8, 4) is 0 Å². The molecule has 1 aromatic rings. The number of piperidine rings is 1. The summed E-state index contributed by atoms with van der Waals surface area (Å²) in [6, 6.07) is 4.91. The van der Waals surface area contributed by atoms with E-state index >= 15 is 0 Å². The maximum atomic E-state index is 12.7. The van der Waals surface area contributed by atoms with E-state index in [4.69, 9.17) is 28.3 Å². The highest BCUT2D eigenvalue weighted by molar-refractivity contribution is 6.39. The van der Waals surface area contributed by atoms with Crippen molar-refractivity contribution in [3.05, 3.63) is 33.8 Å². The van der Waals surface area contributed by atoms with Crippen LogP contribution in [-0.4, -0.2) is 34.5 Å². The van der Waals surface area contributed by atoms with Gasteiger partial charge in [0, 0.05) is 19.0 Å². The molecule has 1 N–H and O–H groups in total. The second-order valence-corrected chi connectivity index (χ2v) is 5.99. The zero-order chi connectivity index (χ0) is 15.4. The second kappa shape index (κ2) is 7.14. The number of benzene rings is 1. The Bertz CT molecular complexity index is 527. The Morgan fingerprint density at radius 1 is 1.24 bits per heavy atom. The van der Waals surface area contributed by atoms with Crippen molar-refractivity contribution >= 4 is 35.1 Å². The molecule has 1 atom stereocenters. The molecule has 1 fully saturated rings. The van der Waals surface area contributed by atoms with Crippen LogP contribution in [0.3, 0.4) is 0 Å². The van der Waals surface area contributed by atoms with Gasteiger partial charge in [0.15, 0.2) is 0 Å². The third-order valence-corrected chi connectivity index (χ3v) is 4.39. The topological polar surface area (TPSA) is 57.6 Å². The summed E-state index contributed by atoms with van der Waals surface area (Å²) in [4.78, 5) is 25.2. The van der Waals surface area contributed by atoms with Crippen LogP contribution in [0.4, 0.5) is 0 Å². The average Bonchev–Trinajstić information content (AvgIpc) is 2.45. The van der Waals surface area contributed by atoms with Crippen molar-refractivity contribution in [2.24, 2.45) is 0 Å². The number of aliphatic carboxylic acids is 1. The normalized spacial score (nSPS) is 18.6. The Balaban J connectivity index is 2.20. The Morgan fingerprint density at radius 2 is 1.90 bits per heavy atom. The fourth-order valence-corrected chi connectivity index (χ4v) is 3.26. The SMILES string of the molecule is O=C(O)CCC1CCCCN1C(=O)c1c(Cl)cccc1Cl. The van der Waals surface area contributed by atoms with Crippen molar-refractivity contribution in [2.75, 3.05) is 6.54 Å². The van der Waals surface area contributed by atoms with Gasteiger partial charge >= 0.3 is 5.97 Å². The van der Waals surface area contributed by atoms with E-state index in [-0.39, 0.29) is 18.4 Å². The Morgan fingerprint density at radius 3 is 2.52 bits per heavy atom. The molecule has 2 rings (SSSR count). The minimum absolute atomic E-state index is 0.0602. The average molecular weight is 330 g/mol. The predicted octanol–water partition coefficient (Wildman–Crippen LogP) is 3.85. The molecule has 1 unspecified atom stereocenters. The Kier molecular flexibility index (Phi) is 5.48. The van der Waals surface area contributed by atoms with Crippen LogP contribution in [0, 0.1) is 0 Å². The molecule has 0 radical (unpaired) electrons. The number of carbonyl (C=O) groups excluding carboxylic acids is 1. The third kappa shape index (κ3) is 3.89. The first-order valence-corrected chi connectivity index (χ1v) is 7.73. The first-order valence-electron chi connectivity index (χ1n) is 6.97. The van der Waals surface area contributed by atoms with E-state index in [0.29, 0.717) is 28.6 Å². The first kappa shape index (κ1) is 16.1. The van der Waals surface area contributed by atoms with Gasteiger partial charge in [-0.1, -0.05) is 29.3 Å². The molecule has 1 aliphatic rings. The largest absolute Gasteiger partial charge is 0.481 e. The first-order chi connectivity index (χ1) is 10.0. The fraction of sp³-hybridized carbons (Fsp3) is 0.467. The number of nitrogens with zero attached hydrogens (tertiary/aromatic N) is 1. The number of carboxylic acid groups (broad SMARTS) is 1. The predicted molar refractivity (Wildman–Crippen MR) is 82.0 cm³/mol. The molecular formula is C15H17Cl2NO3. The number of halogens is 2. The van der Waals surface area contributed by atoms with Crippen molar-refractivity contribution in [1.29, 1.82) is 0 Å².